The quantitative estimate of drug-likeness (QED) is 0.189. The molecule has 0 bridgehead atoms. The van der Waals surface area contributed by atoms with Gasteiger partial charge in [0.15, 0.2) is 0 Å². The number of halogens is 4. The molecule has 336 valence electrons. The maximum absolute atomic E-state index is 14.9. The van der Waals surface area contributed by atoms with E-state index in [2.05, 4.69) is 20.3 Å². The fourth-order valence-corrected chi connectivity index (χ4v) is 9.32. The lowest BCUT2D eigenvalue weighted by molar-refractivity contribution is -0.244. The van der Waals surface area contributed by atoms with E-state index in [1.54, 1.807) is 37.3 Å². The summed E-state index contributed by atoms with van der Waals surface area (Å²) in [6.45, 7) is 6.63. The van der Waals surface area contributed by atoms with Gasteiger partial charge in [-0.2, -0.15) is 18.2 Å². The van der Waals surface area contributed by atoms with Crippen LogP contribution in [-0.4, -0.2) is 109 Å². The van der Waals surface area contributed by atoms with E-state index >= 15 is 0 Å². The Morgan fingerprint density at radius 1 is 1.10 bits per heavy atom. The van der Waals surface area contributed by atoms with Crippen LogP contribution in [0.4, 0.5) is 18.0 Å². The smallest absolute Gasteiger partial charge is 0.427 e. The average molecular weight is 900 g/mol. The third kappa shape index (κ3) is 9.98. The van der Waals surface area contributed by atoms with E-state index in [4.69, 9.17) is 30.5 Å². The number of benzene rings is 1. The number of amides is 4. The number of methoxy groups -OCH3 is 1. The van der Waals surface area contributed by atoms with E-state index in [0.29, 0.717) is 61.7 Å². The summed E-state index contributed by atoms with van der Waals surface area (Å²) in [6.07, 6.45) is -1.64. The molecular weight excluding hydrogens is 847 g/mol. The number of nitrogens with zero attached hydrogens (tertiary/aromatic N) is 2. The summed E-state index contributed by atoms with van der Waals surface area (Å²) < 4.78 is 91.0. The molecule has 3 heterocycles. The Balaban J connectivity index is 1.37. The molecule has 4 amide bonds. The van der Waals surface area contributed by atoms with E-state index in [1.807, 2.05) is 13.0 Å². The van der Waals surface area contributed by atoms with E-state index in [0.717, 1.165) is 4.90 Å². The minimum atomic E-state index is -4.93. The molecule has 2 aliphatic carbocycles. The van der Waals surface area contributed by atoms with Gasteiger partial charge < -0.3 is 34.5 Å². The molecule has 20 heteroatoms. The highest BCUT2D eigenvalue weighted by atomic mass is 35.5. The van der Waals surface area contributed by atoms with E-state index in [-0.39, 0.29) is 50.3 Å². The van der Waals surface area contributed by atoms with Gasteiger partial charge in [-0.25, -0.2) is 13.2 Å². The fourth-order valence-electron chi connectivity index (χ4n) is 7.78. The van der Waals surface area contributed by atoms with Gasteiger partial charge in [0.1, 0.15) is 30.3 Å². The molecule has 3 N–H and O–H groups in total. The minimum Gasteiger partial charge on any atom is -0.475 e. The number of nitrogens with one attached hydrogen (secondary N) is 3. The van der Waals surface area contributed by atoms with E-state index in [9.17, 15) is 40.8 Å². The first kappa shape index (κ1) is 46.2. The van der Waals surface area contributed by atoms with Gasteiger partial charge in [0.25, 0.3) is 5.91 Å². The number of allylic oxidation sites excluding steroid dienone is 1. The molecule has 1 aromatic heterocycles. The van der Waals surface area contributed by atoms with Crippen LogP contribution >= 0.6 is 11.6 Å². The molecule has 0 spiro atoms. The number of hydrogen-bond donors (Lipinski definition) is 3. The van der Waals surface area contributed by atoms with Crippen LogP contribution in [0.3, 0.4) is 0 Å². The van der Waals surface area contributed by atoms with Crippen molar-refractivity contribution < 1.29 is 59.7 Å². The number of rotatable bonds is 11. The SMILES string of the molecule is COCCOc1cc2c(Cl)cccc2c(O[C@@H]2C[C@H]3C(=O)N[C@]4(C(=O)NS(=O)(=O)C5(C)CC5)CC4/C=C\CC[C@@H](C)C[C@@H](C)[C@H](NC(=O)OC(C)(C)C(F)(F)F)C(=O)N3C2)n1. The Bertz CT molecular complexity index is 2170. The van der Waals surface area contributed by atoms with E-state index in [1.165, 1.54) is 14.0 Å². The van der Waals surface area contributed by atoms with Crippen molar-refractivity contribution in [2.45, 2.75) is 120 Å². The molecule has 2 saturated carbocycles. The zero-order chi connectivity index (χ0) is 44.7. The predicted molar refractivity (Wildman–Crippen MR) is 217 cm³/mol. The second-order valence-electron chi connectivity index (χ2n) is 17.4. The number of fused-ring (bicyclic) bond motifs is 3. The minimum absolute atomic E-state index is 0.0593. The number of hydrogen-bond acceptors (Lipinski definition) is 11. The first-order chi connectivity index (χ1) is 28.5. The molecule has 1 unspecified atom stereocenters. The van der Waals surface area contributed by atoms with Crippen molar-refractivity contribution in [3.8, 4) is 11.8 Å². The topological polar surface area (TPSA) is 192 Å². The van der Waals surface area contributed by atoms with Gasteiger partial charge in [0.2, 0.25) is 39.2 Å². The van der Waals surface area contributed by atoms with Gasteiger partial charge in [0.05, 0.1) is 17.9 Å². The molecule has 6 rings (SSSR count). The number of pyridine rings is 1. The van der Waals surface area contributed by atoms with Crippen LogP contribution in [0.15, 0.2) is 36.4 Å². The summed E-state index contributed by atoms with van der Waals surface area (Å²) in [5.74, 6) is -3.63. The number of sulfonamides is 1. The van der Waals surface area contributed by atoms with Crippen molar-refractivity contribution in [3.05, 3.63) is 41.4 Å². The third-order valence-corrected chi connectivity index (χ3v) is 14.6. The Morgan fingerprint density at radius 3 is 2.49 bits per heavy atom. The Hall–Kier alpha value is -4.36. The Labute approximate surface area is 357 Å². The Morgan fingerprint density at radius 2 is 1.82 bits per heavy atom. The van der Waals surface area contributed by atoms with Crippen molar-refractivity contribution in [1.82, 2.24) is 25.2 Å². The highest BCUT2D eigenvalue weighted by molar-refractivity contribution is 7.91. The predicted octanol–water partition coefficient (Wildman–Crippen LogP) is 5.58. The van der Waals surface area contributed by atoms with Crippen LogP contribution in [0.1, 0.15) is 79.6 Å². The molecule has 1 saturated heterocycles. The molecule has 15 nitrogen and oxygen atoms in total. The van der Waals surface area contributed by atoms with Crippen LogP contribution in [-0.2, 0) is 33.9 Å². The molecule has 3 fully saturated rings. The van der Waals surface area contributed by atoms with Crippen molar-refractivity contribution in [1.29, 1.82) is 0 Å². The number of carbonyl (C=O) groups is 4. The highest BCUT2D eigenvalue weighted by Gasteiger charge is 2.63. The maximum atomic E-state index is 14.9. The van der Waals surface area contributed by atoms with Gasteiger partial charge in [-0.3, -0.25) is 19.1 Å². The Kier molecular flexibility index (Phi) is 13.2. The molecule has 2 aromatic rings. The average Bonchev–Trinajstić information content (AvgIpc) is 4.05. The second kappa shape index (κ2) is 17.4. The van der Waals surface area contributed by atoms with Gasteiger partial charge >= 0.3 is 12.3 Å². The number of carbonyl (C=O) groups excluding carboxylic acids is 4. The van der Waals surface area contributed by atoms with Crippen LogP contribution < -0.4 is 24.8 Å². The molecule has 61 heavy (non-hydrogen) atoms. The van der Waals surface area contributed by atoms with Crippen molar-refractivity contribution >= 4 is 56.2 Å². The largest absolute Gasteiger partial charge is 0.475 e. The fraction of sp³-hybridized carbons (Fsp3) is 0.634. The molecule has 2 aliphatic heterocycles. The molecule has 1 aromatic carbocycles. The van der Waals surface area contributed by atoms with Crippen LogP contribution in [0.5, 0.6) is 11.8 Å². The standard InChI is InChI=1S/C41H53ClF3N5O10S/c1-23-10-7-8-11-25-21-40(25,36(53)49-61(55,56)39(5)14-15-39)48-33(51)30-19-26(59-34-27-12-9-13-29(42)28(27)20-31(46-34)58-17-16-57-6)22-50(30)35(52)32(24(2)18-23)47-37(54)60-38(3,4)41(43,44)45/h8-9,11-13,20,23-26,30,32H,7,10,14-19,21-22H2,1-6H3,(H,47,54)(H,48,51)(H,49,53)/b11-8-/t23-,24-,25?,26-,30+,32+,40-/m1/s1. The maximum Gasteiger partial charge on any atom is 0.427 e. The lowest BCUT2D eigenvalue weighted by atomic mass is 9.88. The van der Waals surface area contributed by atoms with Crippen molar-refractivity contribution in [3.63, 3.8) is 0 Å². The monoisotopic (exact) mass is 899 g/mol. The number of ether oxygens (including phenoxy) is 4. The normalized spacial score (nSPS) is 28.6. The first-order valence-corrected chi connectivity index (χ1v) is 22.2. The first-order valence-electron chi connectivity index (χ1n) is 20.3. The lowest BCUT2D eigenvalue weighted by Crippen LogP contribution is -2.59. The number of alkyl halides is 3. The van der Waals surface area contributed by atoms with Gasteiger partial charge in [-0.05, 0) is 83.3 Å². The third-order valence-electron chi connectivity index (χ3n) is 12.1. The summed E-state index contributed by atoms with van der Waals surface area (Å²) in [5.41, 5.74) is -4.58. The van der Waals surface area contributed by atoms with E-state index < -0.39 is 85.9 Å². The summed E-state index contributed by atoms with van der Waals surface area (Å²) in [5, 5.41) is 6.55. The molecule has 4 aliphatic rings. The van der Waals surface area contributed by atoms with Gasteiger partial charge in [-0.1, -0.05) is 43.7 Å². The molecule has 0 radical (unpaired) electrons. The summed E-state index contributed by atoms with van der Waals surface area (Å²) >= 11 is 6.56. The van der Waals surface area contributed by atoms with Crippen LogP contribution in [0.2, 0.25) is 5.02 Å². The summed E-state index contributed by atoms with van der Waals surface area (Å²) in [6, 6.07) is 3.85. The van der Waals surface area contributed by atoms with Crippen LogP contribution in [0, 0.1) is 17.8 Å². The lowest BCUT2D eigenvalue weighted by Gasteiger charge is -2.34. The highest BCUT2D eigenvalue weighted by Crippen LogP contribution is 2.48. The van der Waals surface area contributed by atoms with Crippen molar-refractivity contribution in [2.24, 2.45) is 17.8 Å². The summed E-state index contributed by atoms with van der Waals surface area (Å²) in [4.78, 5) is 62.3. The molecular formula is C41H53ClF3N5O10S. The zero-order valence-corrected chi connectivity index (χ0v) is 36.5. The summed E-state index contributed by atoms with van der Waals surface area (Å²) in [7, 11) is -2.59. The van der Waals surface area contributed by atoms with Gasteiger partial charge in [-0.15, -0.1) is 0 Å². The molecule has 7 atom stereocenters. The zero-order valence-electron chi connectivity index (χ0n) is 34.9. The number of alkyl carbamates (subject to hydrolysis) is 1. The van der Waals surface area contributed by atoms with Crippen molar-refractivity contribution in [2.75, 3.05) is 26.9 Å². The van der Waals surface area contributed by atoms with Gasteiger partial charge in [0, 0.05) is 41.3 Å². The number of aromatic nitrogens is 1. The second-order valence-corrected chi connectivity index (χ2v) is 20.0. The van der Waals surface area contributed by atoms with Crippen LogP contribution in [0.25, 0.3) is 10.8 Å².